The average Bonchev–Trinajstić information content (AvgIpc) is 1.89. The fraction of sp³-hybridized carbons (Fsp3) is 0.667. The third-order valence-corrected chi connectivity index (χ3v) is 0.964. The first-order chi connectivity index (χ1) is 4.41. The Bertz CT molecular complexity index is 66.1. The molecule has 3 heteroatoms. The van der Waals surface area contributed by atoms with Crippen LogP contribution in [0, 0.1) is 5.21 Å². The summed E-state index contributed by atoms with van der Waals surface area (Å²) < 4.78 is 0. The van der Waals surface area contributed by atoms with Crippen molar-refractivity contribution in [3.63, 3.8) is 0 Å². The molecule has 0 aliphatic carbocycles. The Morgan fingerprint density at radius 1 is 1.67 bits per heavy atom. The van der Waals surface area contributed by atoms with Crippen molar-refractivity contribution in [3.8, 4) is 0 Å². The van der Waals surface area contributed by atoms with Crippen LogP contribution in [0.4, 0.5) is 0 Å². The highest BCUT2D eigenvalue weighted by atomic mass is 16.5. The van der Waals surface area contributed by atoms with E-state index in [1.807, 2.05) is 0 Å². The van der Waals surface area contributed by atoms with Crippen LogP contribution in [-0.4, -0.2) is 19.6 Å². The summed E-state index contributed by atoms with van der Waals surface area (Å²) in [4.78, 5) is 0. The van der Waals surface area contributed by atoms with Crippen LogP contribution in [-0.2, 0) is 0 Å². The molecular formula is C6H14N2O. The molecule has 54 valence electrons. The molecule has 0 bridgehead atoms. The van der Waals surface area contributed by atoms with Gasteiger partial charge in [-0.05, 0) is 0 Å². The molecular weight excluding hydrogens is 116 g/mol. The van der Waals surface area contributed by atoms with E-state index in [1.54, 1.807) is 6.08 Å². The standard InChI is InChI=1S/C6H14N2O/c1-2-4-7-5-3-6-8-9/h2,7H,1,3-6,8H2. The Kier molecular flexibility index (Phi) is 7.30. The largest absolute Gasteiger partial charge is 0.636 e. The molecule has 0 saturated heterocycles. The minimum atomic E-state index is 0.657. The molecule has 0 aromatic rings. The summed E-state index contributed by atoms with van der Waals surface area (Å²) in [5, 5.41) is 12.9. The molecule has 0 amide bonds. The van der Waals surface area contributed by atoms with Crippen LogP contribution < -0.4 is 10.8 Å². The van der Waals surface area contributed by atoms with Gasteiger partial charge in [0.25, 0.3) is 0 Å². The van der Waals surface area contributed by atoms with Crippen LogP contribution in [0.1, 0.15) is 6.42 Å². The summed E-state index contributed by atoms with van der Waals surface area (Å²) in [5.74, 6) is 0. The van der Waals surface area contributed by atoms with Gasteiger partial charge < -0.3 is 16.0 Å². The quantitative estimate of drug-likeness (QED) is 0.281. The Balaban J connectivity index is 2.66. The Morgan fingerprint density at radius 2 is 2.44 bits per heavy atom. The molecule has 0 aromatic heterocycles. The van der Waals surface area contributed by atoms with Crippen molar-refractivity contribution in [1.82, 2.24) is 5.32 Å². The fourth-order valence-electron chi connectivity index (χ4n) is 0.515. The summed E-state index contributed by atoms with van der Waals surface area (Å²) in [5.41, 5.74) is 0.940. The molecule has 3 nitrogen and oxygen atoms in total. The van der Waals surface area contributed by atoms with Gasteiger partial charge in [0.05, 0.1) is 6.54 Å². The van der Waals surface area contributed by atoms with E-state index in [9.17, 15) is 5.21 Å². The van der Waals surface area contributed by atoms with E-state index in [0.717, 1.165) is 25.0 Å². The number of hydroxylamine groups is 1. The smallest absolute Gasteiger partial charge is 0.0764 e. The lowest BCUT2D eigenvalue weighted by molar-refractivity contribution is -0.588. The molecule has 0 spiro atoms. The van der Waals surface area contributed by atoms with Gasteiger partial charge in [0.1, 0.15) is 0 Å². The summed E-state index contributed by atoms with van der Waals surface area (Å²) in [6, 6.07) is 0. The fourth-order valence-corrected chi connectivity index (χ4v) is 0.515. The van der Waals surface area contributed by atoms with Crippen LogP contribution in [0.5, 0.6) is 0 Å². The van der Waals surface area contributed by atoms with Crippen molar-refractivity contribution >= 4 is 0 Å². The summed E-state index contributed by atoms with van der Waals surface area (Å²) in [6.45, 7) is 5.94. The predicted octanol–water partition coefficient (Wildman–Crippen LogP) is -0.787. The maximum atomic E-state index is 9.79. The molecule has 0 fully saturated rings. The number of hydrogen-bond acceptors (Lipinski definition) is 2. The van der Waals surface area contributed by atoms with Gasteiger partial charge >= 0.3 is 0 Å². The Labute approximate surface area is 55.7 Å². The van der Waals surface area contributed by atoms with Gasteiger partial charge in [0, 0.05) is 19.5 Å². The molecule has 3 N–H and O–H groups in total. The number of hydrogen-bond donors (Lipinski definition) is 2. The van der Waals surface area contributed by atoms with E-state index >= 15 is 0 Å². The molecule has 0 rings (SSSR count). The van der Waals surface area contributed by atoms with Crippen molar-refractivity contribution in [2.45, 2.75) is 6.42 Å². The van der Waals surface area contributed by atoms with Crippen molar-refractivity contribution in [2.75, 3.05) is 19.6 Å². The van der Waals surface area contributed by atoms with Gasteiger partial charge in [-0.3, -0.25) is 0 Å². The highest BCUT2D eigenvalue weighted by Crippen LogP contribution is 1.67. The molecule has 0 radical (unpaired) electrons. The average molecular weight is 130 g/mol. The van der Waals surface area contributed by atoms with Gasteiger partial charge in [-0.2, -0.15) is 0 Å². The lowest BCUT2D eigenvalue weighted by Gasteiger charge is -2.01. The summed E-state index contributed by atoms with van der Waals surface area (Å²) >= 11 is 0. The van der Waals surface area contributed by atoms with Crippen molar-refractivity contribution in [2.24, 2.45) is 0 Å². The number of rotatable bonds is 6. The van der Waals surface area contributed by atoms with Gasteiger partial charge in [0.2, 0.25) is 0 Å². The van der Waals surface area contributed by atoms with Crippen molar-refractivity contribution in [3.05, 3.63) is 17.9 Å². The van der Waals surface area contributed by atoms with Gasteiger partial charge in [-0.25, -0.2) is 0 Å². The lowest BCUT2D eigenvalue weighted by Crippen LogP contribution is -2.77. The third kappa shape index (κ3) is 7.62. The summed E-state index contributed by atoms with van der Waals surface area (Å²) in [7, 11) is 0. The first-order valence-corrected chi connectivity index (χ1v) is 3.17. The Morgan fingerprint density at radius 3 is 3.00 bits per heavy atom. The van der Waals surface area contributed by atoms with E-state index in [1.165, 1.54) is 0 Å². The zero-order chi connectivity index (χ0) is 6.95. The molecule has 0 aromatic carbocycles. The highest BCUT2D eigenvalue weighted by Gasteiger charge is 1.82. The third-order valence-electron chi connectivity index (χ3n) is 0.964. The van der Waals surface area contributed by atoms with Crippen LogP contribution in [0.15, 0.2) is 12.7 Å². The molecule has 0 saturated carbocycles. The maximum Gasteiger partial charge on any atom is 0.0764 e. The molecule has 0 aliphatic heterocycles. The molecule has 0 aliphatic rings. The van der Waals surface area contributed by atoms with Crippen molar-refractivity contribution < 1.29 is 5.48 Å². The van der Waals surface area contributed by atoms with E-state index in [2.05, 4.69) is 11.9 Å². The minimum Gasteiger partial charge on any atom is -0.636 e. The highest BCUT2D eigenvalue weighted by molar-refractivity contribution is 4.68. The van der Waals surface area contributed by atoms with E-state index < -0.39 is 0 Å². The zero-order valence-corrected chi connectivity index (χ0v) is 5.60. The van der Waals surface area contributed by atoms with Gasteiger partial charge in [-0.15, -0.1) is 6.58 Å². The molecule has 0 atom stereocenters. The van der Waals surface area contributed by atoms with E-state index in [4.69, 9.17) is 0 Å². The molecule has 0 unspecified atom stereocenters. The first kappa shape index (κ1) is 8.62. The second kappa shape index (κ2) is 7.62. The van der Waals surface area contributed by atoms with Crippen LogP contribution >= 0.6 is 0 Å². The number of quaternary nitrogens is 1. The number of nitrogens with one attached hydrogen (secondary N) is 1. The van der Waals surface area contributed by atoms with E-state index in [-0.39, 0.29) is 0 Å². The van der Waals surface area contributed by atoms with Crippen LogP contribution in [0.25, 0.3) is 0 Å². The minimum absolute atomic E-state index is 0.657. The Hall–Kier alpha value is -0.380. The predicted molar refractivity (Wildman–Crippen MR) is 37.8 cm³/mol. The monoisotopic (exact) mass is 130 g/mol. The van der Waals surface area contributed by atoms with Crippen molar-refractivity contribution in [1.29, 1.82) is 0 Å². The maximum absolute atomic E-state index is 9.79. The topological polar surface area (TPSA) is 51.7 Å². The zero-order valence-electron chi connectivity index (χ0n) is 5.60. The molecule has 9 heavy (non-hydrogen) atoms. The van der Waals surface area contributed by atoms with Crippen LogP contribution in [0.3, 0.4) is 0 Å². The van der Waals surface area contributed by atoms with E-state index in [0.29, 0.717) is 6.54 Å². The summed E-state index contributed by atoms with van der Waals surface area (Å²) in [6.07, 6.45) is 2.73. The van der Waals surface area contributed by atoms with Crippen LogP contribution in [0.2, 0.25) is 0 Å². The SMILES string of the molecule is C=CCNCCC[NH2+][O-]. The normalized spacial score (nSPS) is 9.44. The van der Waals surface area contributed by atoms with Gasteiger partial charge in [0.15, 0.2) is 0 Å². The molecule has 0 heterocycles. The number of nitrogens with two attached hydrogens (primary N) is 1. The lowest BCUT2D eigenvalue weighted by atomic mass is 10.4. The van der Waals surface area contributed by atoms with Gasteiger partial charge in [-0.1, -0.05) is 6.08 Å². The first-order valence-electron chi connectivity index (χ1n) is 3.17. The second-order valence-corrected chi connectivity index (χ2v) is 1.80. The second-order valence-electron chi connectivity index (χ2n) is 1.80.